The second kappa shape index (κ2) is 6.11. The van der Waals surface area contributed by atoms with Gasteiger partial charge >= 0.3 is 0 Å². The average Bonchev–Trinajstić information content (AvgIpc) is 2.62. The van der Waals surface area contributed by atoms with E-state index in [9.17, 15) is 12.8 Å². The summed E-state index contributed by atoms with van der Waals surface area (Å²) in [6.45, 7) is 0.780. The predicted molar refractivity (Wildman–Crippen MR) is 92.5 cm³/mol. The van der Waals surface area contributed by atoms with Gasteiger partial charge in [-0.15, -0.1) is 0 Å². The number of aryl methyl sites for hydroxylation is 1. The molecule has 132 valence electrons. The SMILES string of the molecule is O=S(=O)(c1cccc(F)c1)N1CCC2(CCc3ccccc3O2)CC1. The van der Waals surface area contributed by atoms with Gasteiger partial charge in [-0.3, -0.25) is 0 Å². The molecular formula is C19H20FNO3S. The van der Waals surface area contributed by atoms with Gasteiger partial charge in [-0.2, -0.15) is 4.31 Å². The van der Waals surface area contributed by atoms with Crippen LogP contribution in [0.15, 0.2) is 53.4 Å². The van der Waals surface area contributed by atoms with Crippen LogP contribution in [0.4, 0.5) is 4.39 Å². The fraction of sp³-hybridized carbons (Fsp3) is 0.368. The maximum atomic E-state index is 13.4. The van der Waals surface area contributed by atoms with Crippen LogP contribution in [0, 0.1) is 5.82 Å². The van der Waals surface area contributed by atoms with Gasteiger partial charge in [-0.25, -0.2) is 12.8 Å². The highest BCUT2D eigenvalue weighted by molar-refractivity contribution is 7.89. The van der Waals surface area contributed by atoms with Crippen molar-refractivity contribution in [1.82, 2.24) is 4.31 Å². The molecule has 0 unspecified atom stereocenters. The van der Waals surface area contributed by atoms with Crippen LogP contribution in [0.25, 0.3) is 0 Å². The third kappa shape index (κ3) is 3.04. The highest BCUT2D eigenvalue weighted by Crippen LogP contribution is 2.40. The zero-order valence-electron chi connectivity index (χ0n) is 13.8. The van der Waals surface area contributed by atoms with Crippen molar-refractivity contribution >= 4 is 10.0 Å². The fourth-order valence-electron chi connectivity index (χ4n) is 3.72. The Hall–Kier alpha value is -1.92. The Bertz CT molecular complexity index is 889. The van der Waals surface area contributed by atoms with E-state index in [4.69, 9.17) is 4.74 Å². The van der Waals surface area contributed by atoms with Crippen LogP contribution in [0.3, 0.4) is 0 Å². The van der Waals surface area contributed by atoms with Crippen molar-refractivity contribution in [2.24, 2.45) is 0 Å². The van der Waals surface area contributed by atoms with Crippen molar-refractivity contribution in [2.75, 3.05) is 13.1 Å². The Kier molecular flexibility index (Phi) is 4.04. The molecule has 1 saturated heterocycles. The highest BCUT2D eigenvalue weighted by atomic mass is 32.2. The number of para-hydroxylation sites is 1. The molecule has 0 aromatic heterocycles. The molecule has 4 nitrogen and oxygen atoms in total. The quantitative estimate of drug-likeness (QED) is 0.824. The summed E-state index contributed by atoms with van der Waals surface area (Å²) < 4.78 is 46.5. The first-order valence-corrected chi connectivity index (χ1v) is 9.95. The Balaban J connectivity index is 1.50. The van der Waals surface area contributed by atoms with E-state index in [-0.39, 0.29) is 10.5 Å². The van der Waals surface area contributed by atoms with Gasteiger partial charge in [0.15, 0.2) is 0 Å². The van der Waals surface area contributed by atoms with Crippen LogP contribution < -0.4 is 4.74 Å². The van der Waals surface area contributed by atoms with Crippen LogP contribution in [-0.4, -0.2) is 31.4 Å². The van der Waals surface area contributed by atoms with Crippen molar-refractivity contribution in [3.63, 3.8) is 0 Å². The lowest BCUT2D eigenvalue weighted by atomic mass is 9.84. The smallest absolute Gasteiger partial charge is 0.243 e. The van der Waals surface area contributed by atoms with Gasteiger partial charge in [-0.1, -0.05) is 24.3 Å². The van der Waals surface area contributed by atoms with Crippen molar-refractivity contribution in [2.45, 2.75) is 36.2 Å². The molecule has 0 N–H and O–H groups in total. The van der Waals surface area contributed by atoms with E-state index in [1.54, 1.807) is 0 Å². The molecule has 4 rings (SSSR count). The third-order valence-electron chi connectivity index (χ3n) is 5.22. The zero-order chi connectivity index (χ0) is 17.5. The van der Waals surface area contributed by atoms with E-state index in [1.807, 2.05) is 18.2 Å². The average molecular weight is 361 g/mol. The standard InChI is InChI=1S/C19H20FNO3S/c20-16-5-3-6-17(14-16)25(22,23)21-12-10-19(11-13-21)9-8-15-4-1-2-7-18(15)24-19/h1-7,14H,8-13H2. The van der Waals surface area contributed by atoms with Crippen LogP contribution in [0.2, 0.25) is 0 Å². The number of hydrogen-bond donors (Lipinski definition) is 0. The van der Waals surface area contributed by atoms with E-state index >= 15 is 0 Å². The summed E-state index contributed by atoms with van der Waals surface area (Å²) in [5, 5.41) is 0. The monoisotopic (exact) mass is 361 g/mol. The van der Waals surface area contributed by atoms with Gasteiger partial charge in [0.05, 0.1) is 4.90 Å². The second-order valence-electron chi connectivity index (χ2n) is 6.75. The summed E-state index contributed by atoms with van der Waals surface area (Å²) in [4.78, 5) is 0.0124. The van der Waals surface area contributed by atoms with Crippen molar-refractivity contribution in [3.8, 4) is 5.75 Å². The molecule has 0 radical (unpaired) electrons. The lowest BCUT2D eigenvalue weighted by molar-refractivity contribution is 0.00181. The number of benzene rings is 2. The Morgan fingerprint density at radius 1 is 1.00 bits per heavy atom. The summed E-state index contributed by atoms with van der Waals surface area (Å²) in [5.41, 5.74) is 0.922. The molecule has 0 atom stereocenters. The van der Waals surface area contributed by atoms with Gasteiger partial charge < -0.3 is 4.74 Å². The van der Waals surface area contributed by atoms with Crippen LogP contribution in [0.1, 0.15) is 24.8 Å². The van der Waals surface area contributed by atoms with E-state index in [2.05, 4.69) is 6.07 Å². The molecule has 2 aliphatic heterocycles. The first kappa shape index (κ1) is 16.5. The summed E-state index contributed by atoms with van der Waals surface area (Å²) >= 11 is 0. The van der Waals surface area contributed by atoms with E-state index in [1.165, 1.54) is 28.1 Å². The fourth-order valence-corrected chi connectivity index (χ4v) is 5.19. The lowest BCUT2D eigenvalue weighted by Gasteiger charge is -2.44. The number of fused-ring (bicyclic) bond motifs is 1. The number of nitrogens with zero attached hydrogens (tertiary/aromatic N) is 1. The van der Waals surface area contributed by atoms with Gasteiger partial charge in [0.1, 0.15) is 17.2 Å². The van der Waals surface area contributed by atoms with Gasteiger partial charge in [0.25, 0.3) is 0 Å². The van der Waals surface area contributed by atoms with Crippen molar-refractivity contribution < 1.29 is 17.5 Å². The number of piperidine rings is 1. The van der Waals surface area contributed by atoms with E-state index in [0.717, 1.165) is 24.7 Å². The Labute approximate surface area is 147 Å². The molecule has 1 fully saturated rings. The first-order valence-electron chi connectivity index (χ1n) is 8.51. The molecule has 6 heteroatoms. The Morgan fingerprint density at radius 2 is 1.76 bits per heavy atom. The molecule has 0 amide bonds. The van der Waals surface area contributed by atoms with Crippen molar-refractivity contribution in [1.29, 1.82) is 0 Å². The number of hydrogen-bond acceptors (Lipinski definition) is 3. The minimum atomic E-state index is -3.66. The molecule has 0 aliphatic carbocycles. The summed E-state index contributed by atoms with van der Waals surface area (Å²) in [6.07, 6.45) is 3.15. The molecule has 2 heterocycles. The maximum Gasteiger partial charge on any atom is 0.243 e. The molecule has 0 saturated carbocycles. The second-order valence-corrected chi connectivity index (χ2v) is 8.69. The number of rotatable bonds is 2. The van der Waals surface area contributed by atoms with Gasteiger partial charge in [0.2, 0.25) is 10.0 Å². The van der Waals surface area contributed by atoms with Crippen LogP contribution in [-0.2, 0) is 16.4 Å². The molecule has 0 bridgehead atoms. The van der Waals surface area contributed by atoms with E-state index in [0.29, 0.717) is 25.9 Å². The maximum absolute atomic E-state index is 13.4. The highest BCUT2D eigenvalue weighted by Gasteiger charge is 2.42. The molecule has 2 aromatic rings. The third-order valence-corrected chi connectivity index (χ3v) is 7.11. The summed E-state index contributed by atoms with van der Waals surface area (Å²) in [5.74, 6) is 0.372. The number of sulfonamides is 1. The minimum Gasteiger partial charge on any atom is -0.487 e. The zero-order valence-corrected chi connectivity index (χ0v) is 14.6. The van der Waals surface area contributed by atoms with Gasteiger partial charge in [0, 0.05) is 25.9 Å². The minimum absolute atomic E-state index is 0.0124. The number of halogens is 1. The molecule has 25 heavy (non-hydrogen) atoms. The largest absolute Gasteiger partial charge is 0.487 e. The topological polar surface area (TPSA) is 46.6 Å². The first-order chi connectivity index (χ1) is 12.0. The van der Waals surface area contributed by atoms with Crippen molar-refractivity contribution in [3.05, 3.63) is 59.9 Å². The number of ether oxygens (including phenoxy) is 1. The molecule has 2 aliphatic rings. The van der Waals surface area contributed by atoms with Crippen LogP contribution in [0.5, 0.6) is 5.75 Å². The molecule has 2 aromatic carbocycles. The van der Waals surface area contributed by atoms with E-state index < -0.39 is 15.8 Å². The lowest BCUT2D eigenvalue weighted by Crippen LogP contribution is -2.51. The van der Waals surface area contributed by atoms with Crippen LogP contribution >= 0.6 is 0 Å². The predicted octanol–water partition coefficient (Wildman–Crippen LogP) is 3.37. The molecule has 1 spiro atoms. The normalized spacial score (nSPS) is 20.0. The van der Waals surface area contributed by atoms with Gasteiger partial charge in [-0.05, 0) is 42.7 Å². The summed E-state index contributed by atoms with van der Waals surface area (Å²) in [7, 11) is -3.66. The Morgan fingerprint density at radius 3 is 2.52 bits per heavy atom. The molecular weight excluding hydrogens is 341 g/mol. The summed E-state index contributed by atoms with van der Waals surface area (Å²) in [6, 6.07) is 13.2.